The molecule has 9 heteroatoms. The monoisotopic (exact) mass is 539 g/mol. The maximum atomic E-state index is 14.3. The van der Waals surface area contributed by atoms with Gasteiger partial charge in [-0.05, 0) is 54.3 Å². The molecule has 0 fully saturated rings. The van der Waals surface area contributed by atoms with Crippen LogP contribution >= 0.6 is 0 Å². The number of aromatic amines is 1. The molecule has 204 valence electrons. The number of alkyl halides is 3. The Kier molecular flexibility index (Phi) is 8.69. The summed E-state index contributed by atoms with van der Waals surface area (Å²) in [6.45, 7) is 2.15. The summed E-state index contributed by atoms with van der Waals surface area (Å²) in [4.78, 5) is 32.7. The Labute approximate surface area is 224 Å². The predicted molar refractivity (Wildman–Crippen MR) is 141 cm³/mol. The minimum atomic E-state index is -4.46. The van der Waals surface area contributed by atoms with E-state index < -0.39 is 23.5 Å². The number of nitrogens with one attached hydrogen (secondary N) is 1. The van der Waals surface area contributed by atoms with Crippen molar-refractivity contribution < 1.29 is 27.2 Å². The van der Waals surface area contributed by atoms with Crippen LogP contribution in [0.5, 0.6) is 0 Å². The molecule has 0 saturated carbocycles. The smallest absolute Gasteiger partial charge is 0.361 e. The van der Waals surface area contributed by atoms with Crippen molar-refractivity contribution in [1.29, 1.82) is 0 Å². The fourth-order valence-electron chi connectivity index (χ4n) is 4.50. The molecular weight excluding hydrogens is 510 g/mol. The quantitative estimate of drug-likeness (QED) is 0.236. The van der Waals surface area contributed by atoms with Gasteiger partial charge in [0.15, 0.2) is 0 Å². The Balaban J connectivity index is 1.56. The molecule has 0 unspecified atom stereocenters. The van der Waals surface area contributed by atoms with Crippen LogP contribution < -0.4 is 0 Å². The van der Waals surface area contributed by atoms with E-state index in [1.807, 2.05) is 37.4 Å². The molecule has 0 atom stereocenters. The highest BCUT2D eigenvalue weighted by Gasteiger charge is 2.30. The van der Waals surface area contributed by atoms with Gasteiger partial charge in [-0.3, -0.25) is 9.59 Å². The number of hydrogen-bond acceptors (Lipinski definition) is 2. The summed E-state index contributed by atoms with van der Waals surface area (Å²) in [7, 11) is 0. The maximum absolute atomic E-state index is 14.3. The molecule has 1 N–H and O–H groups in total. The highest BCUT2D eigenvalue weighted by atomic mass is 19.4. The highest BCUT2D eigenvalue weighted by molar-refractivity contribution is 5.96. The molecular formula is C30H29F4N3O2. The minimum Gasteiger partial charge on any atom is -0.361 e. The second-order valence-electron chi connectivity index (χ2n) is 9.33. The first kappa shape index (κ1) is 27.9. The summed E-state index contributed by atoms with van der Waals surface area (Å²) in [5.41, 5.74) is 1.58. The van der Waals surface area contributed by atoms with E-state index in [0.29, 0.717) is 18.4 Å². The molecule has 0 aliphatic rings. The fraction of sp³-hybridized carbons (Fsp3) is 0.267. The van der Waals surface area contributed by atoms with E-state index >= 15 is 0 Å². The van der Waals surface area contributed by atoms with E-state index in [1.165, 1.54) is 40.1 Å². The Bertz CT molecular complexity index is 1430. The SMILES string of the molecule is CCCN(CC(=O)N(CCc1c[nH]c2ccccc12)Cc1ccc(C(F)(F)F)cc1)C(=O)c1ccccc1F. The number of fused-ring (bicyclic) bond motifs is 1. The number of carbonyl (C=O) groups is 2. The van der Waals surface area contributed by atoms with E-state index in [9.17, 15) is 27.2 Å². The van der Waals surface area contributed by atoms with Crippen molar-refractivity contribution in [1.82, 2.24) is 14.8 Å². The zero-order valence-corrected chi connectivity index (χ0v) is 21.5. The standard InChI is InChI=1S/C30H29F4N3O2/c1-2-16-37(29(39)25-8-3-5-9-26(25)31)20-28(38)36(19-21-11-13-23(14-12-21)30(32,33)34)17-15-22-18-35-27-10-6-4-7-24(22)27/h3-14,18,35H,2,15-17,19-20H2,1H3. The van der Waals surface area contributed by atoms with Gasteiger partial charge >= 0.3 is 6.18 Å². The molecule has 0 aliphatic heterocycles. The van der Waals surface area contributed by atoms with Crippen LogP contribution in [0.3, 0.4) is 0 Å². The lowest BCUT2D eigenvalue weighted by atomic mass is 10.1. The summed E-state index contributed by atoms with van der Waals surface area (Å²) in [6, 6.07) is 18.0. The average molecular weight is 540 g/mol. The topological polar surface area (TPSA) is 56.4 Å². The van der Waals surface area contributed by atoms with Crippen molar-refractivity contribution in [3.8, 4) is 0 Å². The average Bonchev–Trinajstić information content (AvgIpc) is 3.33. The summed E-state index contributed by atoms with van der Waals surface area (Å²) in [5, 5.41) is 1.02. The normalized spacial score (nSPS) is 11.5. The summed E-state index contributed by atoms with van der Waals surface area (Å²) in [6.07, 6.45) is -1.54. The molecule has 39 heavy (non-hydrogen) atoms. The van der Waals surface area contributed by atoms with Gasteiger partial charge < -0.3 is 14.8 Å². The molecule has 1 aromatic heterocycles. The van der Waals surface area contributed by atoms with Crippen molar-refractivity contribution in [2.75, 3.05) is 19.6 Å². The van der Waals surface area contributed by atoms with Gasteiger partial charge in [0.05, 0.1) is 11.1 Å². The second kappa shape index (κ2) is 12.1. The first-order chi connectivity index (χ1) is 18.7. The van der Waals surface area contributed by atoms with Gasteiger partial charge in [-0.1, -0.05) is 49.4 Å². The molecule has 4 aromatic rings. The van der Waals surface area contributed by atoms with Crippen LogP contribution in [0, 0.1) is 5.82 Å². The zero-order valence-electron chi connectivity index (χ0n) is 21.5. The molecule has 0 spiro atoms. The number of carbonyl (C=O) groups excluding carboxylic acids is 2. The van der Waals surface area contributed by atoms with Gasteiger partial charge in [0.1, 0.15) is 12.4 Å². The number of rotatable bonds is 10. The van der Waals surface area contributed by atoms with Crippen LogP contribution in [-0.2, 0) is 23.9 Å². The molecule has 0 saturated heterocycles. The third-order valence-corrected chi connectivity index (χ3v) is 6.54. The number of H-pyrrole nitrogens is 1. The number of benzene rings is 3. The van der Waals surface area contributed by atoms with Gasteiger partial charge in [-0.25, -0.2) is 4.39 Å². The largest absolute Gasteiger partial charge is 0.416 e. The Morgan fingerprint density at radius 1 is 0.872 bits per heavy atom. The van der Waals surface area contributed by atoms with Crippen molar-refractivity contribution >= 4 is 22.7 Å². The van der Waals surface area contributed by atoms with E-state index in [4.69, 9.17) is 0 Å². The molecule has 4 rings (SSSR count). The van der Waals surface area contributed by atoms with Gasteiger partial charge in [-0.15, -0.1) is 0 Å². The summed E-state index contributed by atoms with van der Waals surface area (Å²) in [5.74, 6) is -1.64. The molecule has 1 heterocycles. The second-order valence-corrected chi connectivity index (χ2v) is 9.33. The lowest BCUT2D eigenvalue weighted by Crippen LogP contribution is -2.43. The van der Waals surface area contributed by atoms with Crippen molar-refractivity contribution in [2.24, 2.45) is 0 Å². The third-order valence-electron chi connectivity index (χ3n) is 6.54. The number of nitrogens with zero attached hydrogens (tertiary/aromatic N) is 2. The molecule has 0 radical (unpaired) electrons. The predicted octanol–water partition coefficient (Wildman–Crippen LogP) is 6.45. The van der Waals surface area contributed by atoms with Crippen LogP contribution in [0.2, 0.25) is 0 Å². The Morgan fingerprint density at radius 3 is 2.26 bits per heavy atom. The minimum absolute atomic E-state index is 0.0627. The highest BCUT2D eigenvalue weighted by Crippen LogP contribution is 2.29. The van der Waals surface area contributed by atoms with Crippen LogP contribution in [-0.4, -0.2) is 46.2 Å². The van der Waals surface area contributed by atoms with Gasteiger partial charge in [0.25, 0.3) is 5.91 Å². The summed E-state index contributed by atoms with van der Waals surface area (Å²) < 4.78 is 53.5. The van der Waals surface area contributed by atoms with Crippen LogP contribution in [0.1, 0.15) is 40.4 Å². The molecule has 0 bridgehead atoms. The first-order valence-electron chi connectivity index (χ1n) is 12.7. The van der Waals surface area contributed by atoms with Crippen LogP contribution in [0.15, 0.2) is 79.0 Å². The number of amides is 2. The van der Waals surface area contributed by atoms with Crippen molar-refractivity contribution in [2.45, 2.75) is 32.5 Å². The Hall–Kier alpha value is -4.14. The lowest BCUT2D eigenvalue weighted by Gasteiger charge is -2.28. The van der Waals surface area contributed by atoms with E-state index in [2.05, 4.69) is 4.98 Å². The van der Waals surface area contributed by atoms with E-state index in [0.717, 1.165) is 28.6 Å². The first-order valence-corrected chi connectivity index (χ1v) is 12.7. The molecule has 5 nitrogen and oxygen atoms in total. The van der Waals surface area contributed by atoms with Gasteiger partial charge in [0, 0.05) is 36.7 Å². The van der Waals surface area contributed by atoms with Crippen LogP contribution in [0.25, 0.3) is 10.9 Å². The Morgan fingerprint density at radius 2 is 1.56 bits per heavy atom. The number of aromatic nitrogens is 1. The lowest BCUT2D eigenvalue weighted by molar-refractivity contribution is -0.137. The maximum Gasteiger partial charge on any atom is 0.416 e. The van der Waals surface area contributed by atoms with E-state index in [1.54, 1.807) is 6.07 Å². The molecule has 3 aromatic carbocycles. The van der Waals surface area contributed by atoms with Crippen molar-refractivity contribution in [3.63, 3.8) is 0 Å². The molecule has 2 amide bonds. The van der Waals surface area contributed by atoms with Gasteiger partial charge in [-0.2, -0.15) is 13.2 Å². The number of para-hydroxylation sites is 1. The van der Waals surface area contributed by atoms with Crippen molar-refractivity contribution in [3.05, 3.63) is 107 Å². The summed E-state index contributed by atoms with van der Waals surface area (Å²) >= 11 is 0. The number of hydrogen-bond donors (Lipinski definition) is 1. The van der Waals surface area contributed by atoms with Crippen LogP contribution in [0.4, 0.5) is 17.6 Å². The third kappa shape index (κ3) is 6.85. The zero-order chi connectivity index (χ0) is 28.0. The van der Waals surface area contributed by atoms with Gasteiger partial charge in [0.2, 0.25) is 5.91 Å². The molecule has 0 aliphatic carbocycles. The van der Waals surface area contributed by atoms with E-state index in [-0.39, 0.29) is 37.6 Å². The number of halogens is 4. The fourth-order valence-corrected chi connectivity index (χ4v) is 4.50.